The van der Waals surface area contributed by atoms with Crippen molar-refractivity contribution < 1.29 is 13.9 Å². The van der Waals surface area contributed by atoms with E-state index in [1.165, 1.54) is 6.07 Å². The highest BCUT2D eigenvalue weighted by molar-refractivity contribution is 5.33. The molecule has 0 unspecified atom stereocenters. The molecule has 5 heteroatoms. The molecule has 1 fully saturated rings. The molecule has 1 saturated heterocycles. The number of aromatic nitrogens is 1. The Morgan fingerprint density at radius 2 is 2.21 bits per heavy atom. The number of halogens is 1. The smallest absolute Gasteiger partial charge is 0.214 e. The van der Waals surface area contributed by atoms with E-state index in [-0.39, 0.29) is 0 Å². The number of pyridine rings is 1. The zero-order valence-electron chi connectivity index (χ0n) is 11.1. The number of hydrogen-bond acceptors (Lipinski definition) is 4. The van der Waals surface area contributed by atoms with Crippen LogP contribution < -0.4 is 5.32 Å². The molecule has 0 bridgehead atoms. The number of ether oxygens (including phenoxy) is 2. The average Bonchev–Trinajstić information content (AvgIpc) is 2.44. The first kappa shape index (κ1) is 14.2. The summed E-state index contributed by atoms with van der Waals surface area (Å²) in [6.07, 6.45) is 3.10. The Labute approximate surface area is 113 Å². The van der Waals surface area contributed by atoms with Gasteiger partial charge in [-0.2, -0.15) is 4.39 Å². The highest BCUT2D eigenvalue weighted by atomic mass is 19.1. The second-order valence-corrected chi connectivity index (χ2v) is 4.76. The fourth-order valence-electron chi connectivity index (χ4n) is 2.06. The molecule has 1 N–H and O–H groups in total. The normalized spacial score (nSPS) is 16.5. The molecule has 1 aromatic heterocycles. The van der Waals surface area contributed by atoms with E-state index < -0.39 is 5.95 Å². The third kappa shape index (κ3) is 5.53. The standard InChI is InChI=1S/C14H21FN2O2/c15-13-3-1-4-14(17-13)16-7-2-8-19-11-12-5-9-18-10-6-12/h1,3-4,12H,2,5-11H2,(H,16,17). The molecular weight excluding hydrogens is 247 g/mol. The molecule has 2 heterocycles. The van der Waals surface area contributed by atoms with Crippen LogP contribution in [0.15, 0.2) is 18.2 Å². The molecule has 0 aliphatic carbocycles. The lowest BCUT2D eigenvalue weighted by molar-refractivity contribution is 0.0206. The van der Waals surface area contributed by atoms with Crippen LogP contribution in [0.3, 0.4) is 0 Å². The van der Waals surface area contributed by atoms with Crippen LogP contribution in [0.1, 0.15) is 19.3 Å². The summed E-state index contributed by atoms with van der Waals surface area (Å²) >= 11 is 0. The SMILES string of the molecule is Fc1cccc(NCCCOCC2CCOCC2)n1. The second-order valence-electron chi connectivity index (χ2n) is 4.76. The maximum Gasteiger partial charge on any atom is 0.214 e. The minimum atomic E-state index is -0.458. The number of rotatable bonds is 7. The van der Waals surface area contributed by atoms with Gasteiger partial charge in [-0.1, -0.05) is 6.07 Å². The van der Waals surface area contributed by atoms with E-state index in [9.17, 15) is 4.39 Å². The Kier molecular flexibility index (Phi) is 6.04. The minimum absolute atomic E-state index is 0.458. The Bertz CT molecular complexity index is 370. The Balaban J connectivity index is 1.50. The molecule has 106 valence electrons. The van der Waals surface area contributed by atoms with E-state index in [2.05, 4.69) is 10.3 Å². The van der Waals surface area contributed by atoms with Crippen molar-refractivity contribution in [3.05, 3.63) is 24.1 Å². The van der Waals surface area contributed by atoms with Gasteiger partial charge < -0.3 is 14.8 Å². The molecule has 0 radical (unpaired) electrons. The quantitative estimate of drug-likeness (QED) is 0.609. The Morgan fingerprint density at radius 1 is 1.37 bits per heavy atom. The van der Waals surface area contributed by atoms with Gasteiger partial charge in [0.2, 0.25) is 5.95 Å². The predicted octanol–water partition coefficient (Wildman–Crippen LogP) is 2.47. The van der Waals surface area contributed by atoms with Gasteiger partial charge in [0, 0.05) is 33.0 Å². The third-order valence-corrected chi connectivity index (χ3v) is 3.18. The molecule has 0 amide bonds. The topological polar surface area (TPSA) is 43.4 Å². The summed E-state index contributed by atoms with van der Waals surface area (Å²) in [4.78, 5) is 3.73. The molecule has 1 aliphatic heterocycles. The Hall–Kier alpha value is -1.20. The van der Waals surface area contributed by atoms with Crippen LogP contribution in [-0.2, 0) is 9.47 Å². The number of nitrogens with zero attached hydrogens (tertiary/aromatic N) is 1. The largest absolute Gasteiger partial charge is 0.381 e. The van der Waals surface area contributed by atoms with E-state index >= 15 is 0 Å². The van der Waals surface area contributed by atoms with E-state index in [4.69, 9.17) is 9.47 Å². The summed E-state index contributed by atoms with van der Waals surface area (Å²) in [7, 11) is 0. The van der Waals surface area contributed by atoms with Crippen molar-refractivity contribution in [1.29, 1.82) is 0 Å². The molecule has 0 atom stereocenters. The summed E-state index contributed by atoms with van der Waals surface area (Å²) in [6, 6.07) is 4.74. The predicted molar refractivity (Wildman–Crippen MR) is 71.7 cm³/mol. The van der Waals surface area contributed by atoms with Crippen molar-refractivity contribution in [2.45, 2.75) is 19.3 Å². The van der Waals surface area contributed by atoms with Crippen molar-refractivity contribution in [3.63, 3.8) is 0 Å². The molecule has 4 nitrogen and oxygen atoms in total. The van der Waals surface area contributed by atoms with E-state index in [0.29, 0.717) is 11.7 Å². The lowest BCUT2D eigenvalue weighted by Crippen LogP contribution is -2.20. The first-order valence-corrected chi connectivity index (χ1v) is 6.86. The molecule has 0 spiro atoms. The summed E-state index contributed by atoms with van der Waals surface area (Å²) in [6.45, 7) is 4.01. The van der Waals surface area contributed by atoms with Gasteiger partial charge in [0.05, 0.1) is 0 Å². The lowest BCUT2D eigenvalue weighted by Gasteiger charge is -2.21. The van der Waals surface area contributed by atoms with Crippen LogP contribution in [0.25, 0.3) is 0 Å². The number of hydrogen-bond donors (Lipinski definition) is 1. The van der Waals surface area contributed by atoms with E-state index in [0.717, 1.165) is 52.2 Å². The Morgan fingerprint density at radius 3 is 3.00 bits per heavy atom. The maximum absolute atomic E-state index is 12.8. The van der Waals surface area contributed by atoms with E-state index in [1.807, 2.05) is 0 Å². The molecule has 19 heavy (non-hydrogen) atoms. The van der Waals surface area contributed by atoms with Gasteiger partial charge in [0.25, 0.3) is 0 Å². The fourth-order valence-corrected chi connectivity index (χ4v) is 2.06. The minimum Gasteiger partial charge on any atom is -0.381 e. The van der Waals surface area contributed by atoms with Crippen LogP contribution >= 0.6 is 0 Å². The van der Waals surface area contributed by atoms with Gasteiger partial charge in [0.15, 0.2) is 0 Å². The van der Waals surface area contributed by atoms with Crippen LogP contribution in [0.4, 0.5) is 10.2 Å². The zero-order chi connectivity index (χ0) is 13.3. The maximum atomic E-state index is 12.8. The van der Waals surface area contributed by atoms with Crippen LogP contribution in [-0.4, -0.2) is 38.0 Å². The first-order chi connectivity index (χ1) is 9.34. The fraction of sp³-hybridized carbons (Fsp3) is 0.643. The van der Waals surface area contributed by atoms with Crippen LogP contribution in [0.2, 0.25) is 0 Å². The van der Waals surface area contributed by atoms with E-state index in [1.54, 1.807) is 12.1 Å². The lowest BCUT2D eigenvalue weighted by atomic mass is 10.0. The van der Waals surface area contributed by atoms with Gasteiger partial charge in [-0.3, -0.25) is 0 Å². The molecular formula is C14H21FN2O2. The summed E-state index contributed by atoms with van der Waals surface area (Å²) < 4.78 is 23.8. The molecule has 1 aliphatic rings. The highest BCUT2D eigenvalue weighted by Crippen LogP contribution is 2.14. The van der Waals surface area contributed by atoms with Crippen molar-refractivity contribution >= 4 is 5.82 Å². The van der Waals surface area contributed by atoms with Crippen LogP contribution in [0, 0.1) is 11.9 Å². The summed E-state index contributed by atoms with van der Waals surface area (Å²) in [5, 5.41) is 3.07. The second kappa shape index (κ2) is 8.07. The monoisotopic (exact) mass is 268 g/mol. The summed E-state index contributed by atoms with van der Waals surface area (Å²) in [5.74, 6) is 0.761. The molecule has 2 rings (SSSR count). The van der Waals surface area contributed by atoms with Crippen LogP contribution in [0.5, 0.6) is 0 Å². The summed E-state index contributed by atoms with van der Waals surface area (Å²) in [5.41, 5.74) is 0. The van der Waals surface area contributed by atoms with Gasteiger partial charge in [-0.05, 0) is 37.3 Å². The number of nitrogens with one attached hydrogen (secondary N) is 1. The van der Waals surface area contributed by atoms with Crippen molar-refractivity contribution in [3.8, 4) is 0 Å². The molecule has 0 saturated carbocycles. The van der Waals surface area contributed by atoms with Gasteiger partial charge in [0.1, 0.15) is 5.82 Å². The van der Waals surface area contributed by atoms with Gasteiger partial charge in [-0.25, -0.2) is 4.98 Å². The van der Waals surface area contributed by atoms with Crippen molar-refractivity contribution in [2.24, 2.45) is 5.92 Å². The molecule has 0 aromatic carbocycles. The first-order valence-electron chi connectivity index (χ1n) is 6.86. The molecule has 1 aromatic rings. The zero-order valence-corrected chi connectivity index (χ0v) is 11.1. The highest BCUT2D eigenvalue weighted by Gasteiger charge is 2.13. The van der Waals surface area contributed by atoms with Gasteiger partial charge in [-0.15, -0.1) is 0 Å². The third-order valence-electron chi connectivity index (χ3n) is 3.18. The average molecular weight is 268 g/mol. The number of anilines is 1. The van der Waals surface area contributed by atoms with Crippen molar-refractivity contribution in [2.75, 3.05) is 38.3 Å². The van der Waals surface area contributed by atoms with Gasteiger partial charge >= 0.3 is 0 Å². The van der Waals surface area contributed by atoms with Crippen molar-refractivity contribution in [1.82, 2.24) is 4.98 Å².